The molecule has 2 aromatic heterocycles. The Balaban J connectivity index is 1.32. The van der Waals surface area contributed by atoms with Crippen molar-refractivity contribution in [3.63, 3.8) is 0 Å². The molecule has 4 aromatic rings. The Bertz CT molecular complexity index is 1550. The standard InChI is InChI=1S/C28H28ClN9/c1-19-34-35-27-28(12-13-28)33-26(20-6-9-23(29)10-7-20)24-16-21(8-11-25(24)38(19)27)22-17-32-37(18-22)15-5-3-2-4-14-31-36-30/h6-11,16-18H,2-5,12-15H2,1H3. The average Bonchev–Trinajstić information content (AvgIpc) is 3.40. The molecule has 0 N–H and O–H groups in total. The molecule has 1 spiro atoms. The van der Waals surface area contributed by atoms with Crippen molar-refractivity contribution in [3.8, 4) is 16.8 Å². The zero-order valence-electron chi connectivity index (χ0n) is 21.3. The Labute approximate surface area is 225 Å². The van der Waals surface area contributed by atoms with Crippen LogP contribution in [0.1, 0.15) is 61.3 Å². The minimum Gasteiger partial charge on any atom is -0.280 e. The van der Waals surface area contributed by atoms with Gasteiger partial charge in [0.15, 0.2) is 5.82 Å². The van der Waals surface area contributed by atoms with Crippen LogP contribution in [0.15, 0.2) is 65.0 Å². The van der Waals surface area contributed by atoms with E-state index in [4.69, 9.17) is 22.1 Å². The van der Waals surface area contributed by atoms with Crippen LogP contribution in [0, 0.1) is 6.92 Å². The van der Waals surface area contributed by atoms with Crippen molar-refractivity contribution < 1.29 is 0 Å². The molecule has 2 aromatic carbocycles. The van der Waals surface area contributed by atoms with Gasteiger partial charge in [0.05, 0.1) is 17.6 Å². The molecule has 1 saturated carbocycles. The van der Waals surface area contributed by atoms with Crippen LogP contribution in [0.2, 0.25) is 5.02 Å². The second kappa shape index (κ2) is 10.1. The van der Waals surface area contributed by atoms with Crippen LogP contribution in [-0.4, -0.2) is 36.8 Å². The van der Waals surface area contributed by atoms with Crippen molar-refractivity contribution in [1.82, 2.24) is 24.5 Å². The molecule has 192 valence electrons. The van der Waals surface area contributed by atoms with E-state index in [1.54, 1.807) is 0 Å². The Morgan fingerprint density at radius 1 is 1.00 bits per heavy atom. The number of aryl methyl sites for hydroxylation is 2. The molecule has 2 aliphatic rings. The third kappa shape index (κ3) is 4.59. The summed E-state index contributed by atoms with van der Waals surface area (Å²) >= 11 is 6.22. The van der Waals surface area contributed by atoms with Gasteiger partial charge in [-0.1, -0.05) is 47.8 Å². The quantitative estimate of drug-likeness (QED) is 0.104. The number of benzene rings is 2. The third-order valence-electron chi connectivity index (χ3n) is 7.33. The maximum absolute atomic E-state index is 8.38. The fraction of sp³-hybridized carbons (Fsp3) is 0.357. The zero-order chi connectivity index (χ0) is 26.1. The lowest BCUT2D eigenvalue weighted by molar-refractivity contribution is 0.537. The predicted molar refractivity (Wildman–Crippen MR) is 148 cm³/mol. The number of rotatable bonds is 9. The van der Waals surface area contributed by atoms with Gasteiger partial charge in [0, 0.05) is 45.9 Å². The van der Waals surface area contributed by atoms with Crippen molar-refractivity contribution >= 4 is 17.3 Å². The first kappa shape index (κ1) is 24.4. The summed E-state index contributed by atoms with van der Waals surface area (Å²) in [6.45, 7) is 3.42. The molecule has 38 heavy (non-hydrogen) atoms. The Hall–Kier alpha value is -3.94. The van der Waals surface area contributed by atoms with Crippen LogP contribution in [0.4, 0.5) is 0 Å². The van der Waals surface area contributed by atoms with Crippen LogP contribution in [0.25, 0.3) is 27.3 Å². The molecule has 3 heterocycles. The number of aliphatic imine (C=N–C) groups is 1. The van der Waals surface area contributed by atoms with E-state index in [2.05, 4.69) is 54.3 Å². The van der Waals surface area contributed by atoms with Crippen molar-refractivity contribution in [2.75, 3.05) is 6.54 Å². The molecule has 0 atom stereocenters. The van der Waals surface area contributed by atoms with Crippen LogP contribution in [0.5, 0.6) is 0 Å². The average molecular weight is 526 g/mol. The first-order valence-electron chi connectivity index (χ1n) is 13.0. The smallest absolute Gasteiger partial charge is 0.165 e. The topological polar surface area (TPSA) is 110 Å². The van der Waals surface area contributed by atoms with E-state index in [9.17, 15) is 0 Å². The summed E-state index contributed by atoms with van der Waals surface area (Å²) in [5.41, 5.74) is 14.3. The van der Waals surface area contributed by atoms with Gasteiger partial charge in [-0.05, 0) is 68.0 Å². The maximum atomic E-state index is 8.38. The number of aromatic nitrogens is 5. The lowest BCUT2D eigenvalue weighted by atomic mass is 9.96. The minimum absolute atomic E-state index is 0.332. The molecule has 1 aliphatic carbocycles. The summed E-state index contributed by atoms with van der Waals surface area (Å²) in [5, 5.41) is 17.9. The molecule has 0 saturated heterocycles. The highest BCUT2D eigenvalue weighted by Crippen LogP contribution is 2.51. The van der Waals surface area contributed by atoms with Crippen LogP contribution in [-0.2, 0) is 12.1 Å². The highest BCUT2D eigenvalue weighted by molar-refractivity contribution is 6.30. The lowest BCUT2D eigenvalue weighted by Gasteiger charge is -2.14. The SMILES string of the molecule is Cc1nnc2n1-c1ccc(-c3cnn(CCCCCCN=[N+]=[N-])c3)cc1C(c1ccc(Cl)cc1)=NC21CC1. The van der Waals surface area contributed by atoms with E-state index in [1.807, 2.05) is 42.1 Å². The second-order valence-electron chi connectivity index (χ2n) is 10.00. The molecule has 0 unspecified atom stereocenters. The van der Waals surface area contributed by atoms with Crippen molar-refractivity contribution in [3.05, 3.63) is 93.1 Å². The molecule has 1 aliphatic heterocycles. The molecule has 10 heteroatoms. The highest BCUT2D eigenvalue weighted by Gasteiger charge is 2.51. The number of nitrogens with zero attached hydrogens (tertiary/aromatic N) is 9. The molecule has 1 fully saturated rings. The Morgan fingerprint density at radius 3 is 2.58 bits per heavy atom. The van der Waals surface area contributed by atoms with Gasteiger partial charge in [0.25, 0.3) is 0 Å². The Kier molecular flexibility index (Phi) is 6.47. The van der Waals surface area contributed by atoms with Gasteiger partial charge in [-0.2, -0.15) is 5.10 Å². The van der Waals surface area contributed by atoms with E-state index in [0.717, 1.165) is 90.4 Å². The highest BCUT2D eigenvalue weighted by atomic mass is 35.5. The molecular weight excluding hydrogens is 498 g/mol. The summed E-state index contributed by atoms with van der Waals surface area (Å²) in [6.07, 6.45) is 10.0. The van der Waals surface area contributed by atoms with Gasteiger partial charge < -0.3 is 0 Å². The summed E-state index contributed by atoms with van der Waals surface area (Å²) in [5.74, 6) is 1.78. The van der Waals surface area contributed by atoms with Crippen LogP contribution in [0.3, 0.4) is 0 Å². The molecule has 0 bridgehead atoms. The number of hydrogen-bond acceptors (Lipinski definition) is 5. The van der Waals surface area contributed by atoms with Gasteiger partial charge >= 0.3 is 0 Å². The zero-order valence-corrected chi connectivity index (χ0v) is 22.0. The summed E-state index contributed by atoms with van der Waals surface area (Å²) in [4.78, 5) is 8.14. The Morgan fingerprint density at radius 2 is 1.79 bits per heavy atom. The fourth-order valence-corrected chi connectivity index (χ4v) is 5.27. The van der Waals surface area contributed by atoms with Gasteiger partial charge in [-0.3, -0.25) is 14.2 Å². The fourth-order valence-electron chi connectivity index (χ4n) is 5.15. The second-order valence-corrected chi connectivity index (χ2v) is 10.4. The summed E-state index contributed by atoms with van der Waals surface area (Å²) in [6, 6.07) is 14.4. The van der Waals surface area contributed by atoms with E-state index in [0.29, 0.717) is 11.6 Å². The third-order valence-corrected chi connectivity index (χ3v) is 7.58. The molecule has 0 radical (unpaired) electrons. The van der Waals surface area contributed by atoms with Gasteiger partial charge in [-0.15, -0.1) is 10.2 Å². The van der Waals surface area contributed by atoms with Crippen molar-refractivity contribution in [1.29, 1.82) is 0 Å². The van der Waals surface area contributed by atoms with Gasteiger partial charge in [-0.25, -0.2) is 0 Å². The summed E-state index contributed by atoms with van der Waals surface area (Å²) in [7, 11) is 0. The van der Waals surface area contributed by atoms with Gasteiger partial charge in [0.1, 0.15) is 11.4 Å². The number of fused-ring (bicyclic) bond motifs is 4. The number of hydrogen-bond donors (Lipinski definition) is 0. The van der Waals surface area contributed by atoms with E-state index in [1.165, 1.54) is 0 Å². The number of unbranched alkanes of at least 4 members (excludes halogenated alkanes) is 3. The van der Waals surface area contributed by atoms with Crippen molar-refractivity contribution in [2.24, 2.45) is 10.1 Å². The summed E-state index contributed by atoms with van der Waals surface area (Å²) < 4.78 is 4.17. The molecular formula is C28H28ClN9. The molecule has 0 amide bonds. The monoisotopic (exact) mass is 525 g/mol. The normalized spacial score (nSPS) is 14.8. The van der Waals surface area contributed by atoms with E-state index < -0.39 is 0 Å². The number of halogens is 1. The number of azide groups is 1. The van der Waals surface area contributed by atoms with E-state index in [-0.39, 0.29) is 5.54 Å². The minimum atomic E-state index is -0.332. The first-order chi connectivity index (χ1) is 18.6. The molecule has 9 nitrogen and oxygen atoms in total. The predicted octanol–water partition coefficient (Wildman–Crippen LogP) is 6.80. The maximum Gasteiger partial charge on any atom is 0.165 e. The van der Waals surface area contributed by atoms with Crippen LogP contribution < -0.4 is 0 Å². The lowest BCUT2D eigenvalue weighted by Crippen LogP contribution is -2.11. The van der Waals surface area contributed by atoms with Crippen molar-refractivity contribution in [2.45, 2.75) is 57.5 Å². The first-order valence-corrected chi connectivity index (χ1v) is 13.4. The molecule has 6 rings (SSSR count). The van der Waals surface area contributed by atoms with Gasteiger partial charge in [0.2, 0.25) is 0 Å². The van der Waals surface area contributed by atoms with Crippen LogP contribution >= 0.6 is 11.6 Å². The largest absolute Gasteiger partial charge is 0.280 e. The van der Waals surface area contributed by atoms with E-state index >= 15 is 0 Å².